The first-order valence-electron chi connectivity index (χ1n) is 8.63. The minimum absolute atomic E-state index is 0.201. The van der Waals surface area contributed by atoms with E-state index in [0.29, 0.717) is 0 Å². The van der Waals surface area contributed by atoms with Crippen LogP contribution in [-0.4, -0.2) is 21.1 Å². The molecule has 1 amide bonds. The van der Waals surface area contributed by atoms with Crippen molar-refractivity contribution >= 4 is 17.1 Å². The second kappa shape index (κ2) is 7.70. The lowest BCUT2D eigenvalue weighted by Crippen LogP contribution is -2.34. The predicted octanol–water partition coefficient (Wildman–Crippen LogP) is 3.90. The van der Waals surface area contributed by atoms with Crippen molar-refractivity contribution in [2.45, 2.75) is 12.8 Å². The zero-order chi connectivity index (χ0) is 18.5. The van der Waals surface area contributed by atoms with E-state index >= 15 is 0 Å². The number of ether oxygens (including phenoxy) is 1. The van der Waals surface area contributed by atoms with Gasteiger partial charge in [0.2, 0.25) is 0 Å². The van der Waals surface area contributed by atoms with Gasteiger partial charge in [-0.15, -0.1) is 5.10 Å². The van der Waals surface area contributed by atoms with Gasteiger partial charge in [-0.1, -0.05) is 78.0 Å². The lowest BCUT2D eigenvalue weighted by Gasteiger charge is -2.19. The van der Waals surface area contributed by atoms with Crippen LogP contribution in [0, 0.1) is 0 Å². The summed E-state index contributed by atoms with van der Waals surface area (Å²) in [6, 6.07) is 26.8. The summed E-state index contributed by atoms with van der Waals surface area (Å²) in [4.78, 5) is 12.4. The van der Waals surface area contributed by atoms with Crippen molar-refractivity contribution in [3.63, 3.8) is 0 Å². The Labute approximate surface area is 156 Å². The Morgan fingerprint density at radius 1 is 0.926 bits per heavy atom. The lowest BCUT2D eigenvalue weighted by molar-refractivity contribution is 0.133. The van der Waals surface area contributed by atoms with Crippen molar-refractivity contribution in [1.82, 2.24) is 20.3 Å². The van der Waals surface area contributed by atoms with E-state index in [1.807, 2.05) is 84.9 Å². The summed E-state index contributed by atoms with van der Waals surface area (Å²) >= 11 is 0. The van der Waals surface area contributed by atoms with Gasteiger partial charge in [0.25, 0.3) is 0 Å². The number of rotatable bonds is 5. The van der Waals surface area contributed by atoms with Crippen molar-refractivity contribution in [2.75, 3.05) is 0 Å². The topological polar surface area (TPSA) is 69.0 Å². The number of benzene rings is 3. The van der Waals surface area contributed by atoms with Crippen LogP contribution in [0.5, 0.6) is 0 Å². The van der Waals surface area contributed by atoms with Crippen molar-refractivity contribution in [3.05, 3.63) is 96.1 Å². The van der Waals surface area contributed by atoms with Crippen molar-refractivity contribution in [1.29, 1.82) is 0 Å². The van der Waals surface area contributed by atoms with Crippen LogP contribution in [0.1, 0.15) is 17.3 Å². The number of fused-ring (bicyclic) bond motifs is 1. The van der Waals surface area contributed by atoms with E-state index < -0.39 is 12.3 Å². The van der Waals surface area contributed by atoms with Crippen LogP contribution in [0.25, 0.3) is 11.0 Å². The summed E-state index contributed by atoms with van der Waals surface area (Å²) in [5.41, 5.74) is 3.40. The molecule has 0 saturated carbocycles. The molecule has 0 aliphatic carbocycles. The zero-order valence-electron chi connectivity index (χ0n) is 14.5. The number of carbonyl (C=O) groups excluding carboxylic acids is 1. The molecule has 0 aliphatic heterocycles. The molecule has 0 spiro atoms. The average Bonchev–Trinajstić information content (AvgIpc) is 3.16. The minimum atomic E-state index is -0.526. The summed E-state index contributed by atoms with van der Waals surface area (Å²) in [6.07, 6.45) is -1.05. The smallest absolute Gasteiger partial charge is 0.409 e. The van der Waals surface area contributed by atoms with Crippen LogP contribution < -0.4 is 5.32 Å². The quantitative estimate of drug-likeness (QED) is 0.587. The van der Waals surface area contributed by atoms with Crippen molar-refractivity contribution in [2.24, 2.45) is 0 Å². The molecule has 0 fully saturated rings. The fourth-order valence-electron chi connectivity index (χ4n) is 2.88. The molecule has 0 radical (unpaired) electrons. The summed E-state index contributed by atoms with van der Waals surface area (Å²) in [5, 5.41) is 11.3. The standard InChI is InChI=1S/C21H18N4O2/c26-21(27-15-16-9-3-1-4-10-16)22-20(17-11-5-2-6-12-17)25-19-14-8-7-13-18(19)23-24-25/h1-14,20H,15H2,(H,22,26). The Hall–Kier alpha value is -3.67. The Balaban J connectivity index is 1.58. The highest BCUT2D eigenvalue weighted by atomic mass is 16.5. The molecule has 0 saturated heterocycles. The Morgan fingerprint density at radius 3 is 2.37 bits per heavy atom. The maximum absolute atomic E-state index is 12.4. The molecule has 0 aliphatic rings. The van der Waals surface area contributed by atoms with Crippen LogP contribution in [0.2, 0.25) is 0 Å². The maximum Gasteiger partial charge on any atom is 0.409 e. The fraction of sp³-hybridized carbons (Fsp3) is 0.0952. The normalized spacial score (nSPS) is 11.9. The molecule has 1 heterocycles. The Bertz CT molecular complexity index is 1030. The second-order valence-corrected chi connectivity index (χ2v) is 6.04. The third-order valence-corrected chi connectivity index (χ3v) is 4.20. The van der Waals surface area contributed by atoms with Gasteiger partial charge in [0.1, 0.15) is 12.1 Å². The number of aromatic nitrogens is 3. The highest BCUT2D eigenvalue weighted by molar-refractivity contribution is 5.75. The van der Waals surface area contributed by atoms with Crippen LogP contribution in [0.15, 0.2) is 84.9 Å². The van der Waals surface area contributed by atoms with Crippen LogP contribution in [0.4, 0.5) is 4.79 Å². The zero-order valence-corrected chi connectivity index (χ0v) is 14.5. The molecule has 1 N–H and O–H groups in total. The first-order chi connectivity index (χ1) is 13.3. The van der Waals surface area contributed by atoms with Gasteiger partial charge in [0.05, 0.1) is 5.52 Å². The third-order valence-electron chi connectivity index (χ3n) is 4.20. The van der Waals surface area contributed by atoms with Crippen LogP contribution in [-0.2, 0) is 11.3 Å². The highest BCUT2D eigenvalue weighted by Crippen LogP contribution is 2.20. The third kappa shape index (κ3) is 3.79. The molecule has 1 aromatic heterocycles. The monoisotopic (exact) mass is 358 g/mol. The first kappa shape index (κ1) is 16.8. The summed E-state index contributed by atoms with van der Waals surface area (Å²) in [6.45, 7) is 0.201. The molecule has 27 heavy (non-hydrogen) atoms. The van der Waals surface area contributed by atoms with Crippen LogP contribution in [0.3, 0.4) is 0 Å². The molecule has 134 valence electrons. The average molecular weight is 358 g/mol. The van der Waals surface area contributed by atoms with E-state index in [9.17, 15) is 4.79 Å². The highest BCUT2D eigenvalue weighted by Gasteiger charge is 2.20. The molecule has 1 unspecified atom stereocenters. The number of nitrogens with zero attached hydrogens (tertiary/aromatic N) is 3. The molecule has 4 rings (SSSR count). The maximum atomic E-state index is 12.4. The van der Waals surface area contributed by atoms with Crippen molar-refractivity contribution < 1.29 is 9.53 Å². The van der Waals surface area contributed by atoms with E-state index in [0.717, 1.165) is 22.2 Å². The van der Waals surface area contributed by atoms with Gasteiger partial charge in [0, 0.05) is 0 Å². The molecule has 1 atom stereocenters. The fourth-order valence-corrected chi connectivity index (χ4v) is 2.88. The van der Waals surface area contributed by atoms with Gasteiger partial charge >= 0.3 is 6.09 Å². The molecule has 6 heteroatoms. The number of nitrogens with one attached hydrogen (secondary N) is 1. The van der Waals surface area contributed by atoms with E-state index in [-0.39, 0.29) is 6.61 Å². The summed E-state index contributed by atoms with van der Waals surface area (Å²) in [5.74, 6) is 0. The van der Waals surface area contributed by atoms with Gasteiger partial charge in [-0.25, -0.2) is 9.48 Å². The molecular weight excluding hydrogens is 340 g/mol. The minimum Gasteiger partial charge on any atom is -0.445 e. The van der Waals surface area contributed by atoms with E-state index in [2.05, 4.69) is 15.6 Å². The van der Waals surface area contributed by atoms with Crippen LogP contribution >= 0.6 is 0 Å². The first-order valence-corrected chi connectivity index (χ1v) is 8.63. The molecular formula is C21H18N4O2. The summed E-state index contributed by atoms with van der Waals surface area (Å²) < 4.78 is 7.07. The molecule has 0 bridgehead atoms. The van der Waals surface area contributed by atoms with Gasteiger partial charge in [-0.2, -0.15) is 0 Å². The number of alkyl carbamates (subject to hydrolysis) is 1. The number of amides is 1. The van der Waals surface area contributed by atoms with E-state index in [1.165, 1.54) is 0 Å². The predicted molar refractivity (Wildman–Crippen MR) is 102 cm³/mol. The van der Waals surface area contributed by atoms with Gasteiger partial charge in [-0.3, -0.25) is 5.32 Å². The summed E-state index contributed by atoms with van der Waals surface area (Å²) in [7, 11) is 0. The van der Waals surface area contributed by atoms with Crippen molar-refractivity contribution in [3.8, 4) is 0 Å². The molecule has 6 nitrogen and oxygen atoms in total. The van der Waals surface area contributed by atoms with Gasteiger partial charge in [-0.05, 0) is 23.3 Å². The number of hydrogen-bond donors (Lipinski definition) is 1. The lowest BCUT2D eigenvalue weighted by atomic mass is 10.1. The number of carbonyl (C=O) groups is 1. The largest absolute Gasteiger partial charge is 0.445 e. The van der Waals surface area contributed by atoms with E-state index in [4.69, 9.17) is 4.74 Å². The number of hydrogen-bond acceptors (Lipinski definition) is 4. The Morgan fingerprint density at radius 2 is 1.59 bits per heavy atom. The molecule has 4 aromatic rings. The second-order valence-electron chi connectivity index (χ2n) is 6.04. The van der Waals surface area contributed by atoms with E-state index in [1.54, 1.807) is 4.68 Å². The SMILES string of the molecule is O=C(NC(c1ccccc1)n1nnc2ccccc21)OCc1ccccc1. The van der Waals surface area contributed by atoms with Gasteiger partial charge in [0.15, 0.2) is 6.17 Å². The Kier molecular flexibility index (Phi) is 4.78. The van der Waals surface area contributed by atoms with Gasteiger partial charge < -0.3 is 4.74 Å². The number of para-hydroxylation sites is 1. The molecule has 3 aromatic carbocycles.